The Balaban J connectivity index is 2.04. The second kappa shape index (κ2) is 5.76. The number of hydrogen-bond acceptors (Lipinski definition) is 2. The standard InChI is InChI=1S/C14H19F2NO/c1-9(11-7-6-10(15)8-12(11)16)17-13-4-2-3-5-14(13)18/h6-9,13-14,17-18H,2-5H2,1H3. The third kappa shape index (κ3) is 3.06. The molecule has 0 radical (unpaired) electrons. The van der Waals surface area contributed by atoms with Crippen LogP contribution in [0.25, 0.3) is 0 Å². The zero-order valence-corrected chi connectivity index (χ0v) is 10.5. The molecule has 2 N–H and O–H groups in total. The first-order valence-electron chi connectivity index (χ1n) is 6.47. The van der Waals surface area contributed by atoms with Crippen molar-refractivity contribution in [2.75, 3.05) is 0 Å². The minimum Gasteiger partial charge on any atom is -0.392 e. The van der Waals surface area contributed by atoms with Gasteiger partial charge in [-0.1, -0.05) is 18.9 Å². The molecule has 0 saturated heterocycles. The van der Waals surface area contributed by atoms with Crippen LogP contribution in [0.2, 0.25) is 0 Å². The summed E-state index contributed by atoms with van der Waals surface area (Å²) in [4.78, 5) is 0. The highest BCUT2D eigenvalue weighted by Gasteiger charge is 2.25. The molecule has 1 saturated carbocycles. The van der Waals surface area contributed by atoms with E-state index in [4.69, 9.17) is 0 Å². The lowest BCUT2D eigenvalue weighted by Crippen LogP contribution is -2.43. The van der Waals surface area contributed by atoms with E-state index in [2.05, 4.69) is 5.32 Å². The molecule has 3 unspecified atom stereocenters. The molecule has 100 valence electrons. The average molecular weight is 255 g/mol. The third-order valence-corrected chi connectivity index (χ3v) is 3.62. The lowest BCUT2D eigenvalue weighted by atomic mass is 9.91. The molecule has 1 aromatic rings. The summed E-state index contributed by atoms with van der Waals surface area (Å²) in [6, 6.07) is 3.37. The van der Waals surface area contributed by atoms with Gasteiger partial charge >= 0.3 is 0 Å². The molecule has 0 aliphatic heterocycles. The van der Waals surface area contributed by atoms with Crippen molar-refractivity contribution in [3.05, 3.63) is 35.4 Å². The fraction of sp³-hybridized carbons (Fsp3) is 0.571. The molecule has 3 atom stereocenters. The van der Waals surface area contributed by atoms with Crippen LogP contribution >= 0.6 is 0 Å². The number of benzene rings is 1. The van der Waals surface area contributed by atoms with Crippen molar-refractivity contribution in [3.63, 3.8) is 0 Å². The monoisotopic (exact) mass is 255 g/mol. The largest absolute Gasteiger partial charge is 0.392 e. The van der Waals surface area contributed by atoms with E-state index in [1.165, 1.54) is 12.1 Å². The van der Waals surface area contributed by atoms with E-state index >= 15 is 0 Å². The summed E-state index contributed by atoms with van der Waals surface area (Å²) in [6.07, 6.45) is 3.43. The Morgan fingerprint density at radius 1 is 1.28 bits per heavy atom. The smallest absolute Gasteiger partial charge is 0.130 e. The summed E-state index contributed by atoms with van der Waals surface area (Å²) < 4.78 is 26.4. The second-order valence-electron chi connectivity index (χ2n) is 5.01. The van der Waals surface area contributed by atoms with Crippen LogP contribution in [0.4, 0.5) is 8.78 Å². The van der Waals surface area contributed by atoms with Gasteiger partial charge in [0.05, 0.1) is 6.10 Å². The fourth-order valence-electron chi connectivity index (χ4n) is 2.57. The average Bonchev–Trinajstić information content (AvgIpc) is 2.32. The van der Waals surface area contributed by atoms with Gasteiger partial charge in [-0.2, -0.15) is 0 Å². The minimum atomic E-state index is -0.568. The molecule has 4 heteroatoms. The molecular formula is C14H19F2NO. The van der Waals surface area contributed by atoms with Crippen molar-refractivity contribution < 1.29 is 13.9 Å². The van der Waals surface area contributed by atoms with Gasteiger partial charge in [-0.05, 0) is 25.8 Å². The highest BCUT2D eigenvalue weighted by molar-refractivity contribution is 5.21. The number of halogens is 2. The predicted octanol–water partition coefficient (Wildman–Crippen LogP) is 2.92. The van der Waals surface area contributed by atoms with E-state index in [-0.39, 0.29) is 18.2 Å². The SMILES string of the molecule is CC(NC1CCCCC1O)c1ccc(F)cc1F. The fourth-order valence-corrected chi connectivity index (χ4v) is 2.57. The first-order valence-corrected chi connectivity index (χ1v) is 6.47. The number of aliphatic hydroxyl groups excluding tert-OH is 1. The summed E-state index contributed by atoms with van der Waals surface area (Å²) in [5.41, 5.74) is 0.439. The van der Waals surface area contributed by atoms with Crippen LogP contribution in [0.3, 0.4) is 0 Å². The Hall–Kier alpha value is -1.00. The highest BCUT2D eigenvalue weighted by Crippen LogP contribution is 2.23. The molecule has 2 nitrogen and oxygen atoms in total. The van der Waals surface area contributed by atoms with Crippen molar-refractivity contribution in [1.29, 1.82) is 0 Å². The molecule has 1 fully saturated rings. The first kappa shape index (κ1) is 13.4. The van der Waals surface area contributed by atoms with Crippen LogP contribution in [0.1, 0.15) is 44.2 Å². The summed E-state index contributed by atoms with van der Waals surface area (Å²) in [6.45, 7) is 1.83. The van der Waals surface area contributed by atoms with E-state index in [0.717, 1.165) is 31.7 Å². The zero-order valence-electron chi connectivity index (χ0n) is 10.5. The van der Waals surface area contributed by atoms with Gasteiger partial charge in [-0.3, -0.25) is 0 Å². The molecule has 0 aromatic heterocycles. The molecule has 0 bridgehead atoms. The number of aliphatic hydroxyl groups is 1. The van der Waals surface area contributed by atoms with Gasteiger partial charge in [0.25, 0.3) is 0 Å². The topological polar surface area (TPSA) is 32.3 Å². The third-order valence-electron chi connectivity index (χ3n) is 3.62. The minimum absolute atomic E-state index is 0.00166. The van der Waals surface area contributed by atoms with E-state index in [0.29, 0.717) is 5.56 Å². The Morgan fingerprint density at radius 2 is 2.00 bits per heavy atom. The Bertz CT molecular complexity index is 411. The second-order valence-corrected chi connectivity index (χ2v) is 5.01. The van der Waals surface area contributed by atoms with Crippen molar-refractivity contribution in [1.82, 2.24) is 5.32 Å². The van der Waals surface area contributed by atoms with Gasteiger partial charge in [-0.15, -0.1) is 0 Å². The normalized spacial score (nSPS) is 26.0. The van der Waals surface area contributed by atoms with E-state index < -0.39 is 11.6 Å². The predicted molar refractivity (Wildman–Crippen MR) is 66.2 cm³/mol. The molecule has 18 heavy (non-hydrogen) atoms. The maximum absolute atomic E-state index is 13.6. The van der Waals surface area contributed by atoms with Gasteiger partial charge in [0.2, 0.25) is 0 Å². The molecule has 1 aliphatic carbocycles. The molecule has 1 aliphatic rings. The van der Waals surface area contributed by atoms with Crippen LogP contribution in [0.5, 0.6) is 0 Å². The van der Waals surface area contributed by atoms with Gasteiger partial charge in [0, 0.05) is 23.7 Å². The van der Waals surface area contributed by atoms with Crippen LogP contribution in [-0.4, -0.2) is 17.3 Å². The number of hydrogen-bond donors (Lipinski definition) is 2. The van der Waals surface area contributed by atoms with E-state index in [1.54, 1.807) is 0 Å². The Kier molecular flexibility index (Phi) is 4.30. The lowest BCUT2D eigenvalue weighted by molar-refractivity contribution is 0.0857. The van der Waals surface area contributed by atoms with Gasteiger partial charge in [0.1, 0.15) is 11.6 Å². The summed E-state index contributed by atoms with van der Waals surface area (Å²) in [5, 5.41) is 13.1. The summed E-state index contributed by atoms with van der Waals surface area (Å²) in [5.74, 6) is -1.11. The molecule has 2 rings (SSSR count). The zero-order chi connectivity index (χ0) is 13.1. The lowest BCUT2D eigenvalue weighted by Gasteiger charge is -2.31. The molecule has 1 aromatic carbocycles. The first-order chi connectivity index (χ1) is 8.58. The van der Waals surface area contributed by atoms with Gasteiger partial charge in [0.15, 0.2) is 0 Å². The Labute approximate surface area is 106 Å². The van der Waals surface area contributed by atoms with Crippen LogP contribution in [0.15, 0.2) is 18.2 Å². The molecule has 0 amide bonds. The quantitative estimate of drug-likeness (QED) is 0.870. The van der Waals surface area contributed by atoms with Crippen LogP contribution < -0.4 is 5.32 Å². The maximum Gasteiger partial charge on any atom is 0.130 e. The molecule has 0 spiro atoms. The number of nitrogens with one attached hydrogen (secondary N) is 1. The summed E-state index contributed by atoms with van der Waals surface area (Å²) >= 11 is 0. The van der Waals surface area contributed by atoms with E-state index in [9.17, 15) is 13.9 Å². The highest BCUT2D eigenvalue weighted by atomic mass is 19.1. The number of rotatable bonds is 3. The maximum atomic E-state index is 13.6. The molecular weight excluding hydrogens is 236 g/mol. The van der Waals surface area contributed by atoms with Crippen LogP contribution in [0, 0.1) is 11.6 Å². The van der Waals surface area contributed by atoms with E-state index in [1.807, 2.05) is 6.92 Å². The van der Waals surface area contributed by atoms with Gasteiger partial charge in [-0.25, -0.2) is 8.78 Å². The van der Waals surface area contributed by atoms with Crippen molar-refractivity contribution >= 4 is 0 Å². The van der Waals surface area contributed by atoms with Gasteiger partial charge < -0.3 is 10.4 Å². The Morgan fingerprint density at radius 3 is 2.67 bits per heavy atom. The molecule has 0 heterocycles. The van der Waals surface area contributed by atoms with Crippen molar-refractivity contribution in [2.45, 2.75) is 50.8 Å². The van der Waals surface area contributed by atoms with Crippen molar-refractivity contribution in [3.8, 4) is 0 Å². The van der Waals surface area contributed by atoms with Crippen LogP contribution in [-0.2, 0) is 0 Å². The summed E-state index contributed by atoms with van der Waals surface area (Å²) in [7, 11) is 0. The van der Waals surface area contributed by atoms with Crippen molar-refractivity contribution in [2.24, 2.45) is 0 Å².